The van der Waals surface area contributed by atoms with Crippen molar-refractivity contribution in [2.45, 2.75) is 37.8 Å². The van der Waals surface area contributed by atoms with E-state index in [1.165, 1.54) is 0 Å². The Hall–Kier alpha value is -0.290. The Kier molecular flexibility index (Phi) is 5.51. The van der Waals surface area contributed by atoms with Gasteiger partial charge < -0.3 is 15.2 Å². The summed E-state index contributed by atoms with van der Waals surface area (Å²) in [5.74, 6) is 0.768. The van der Waals surface area contributed by atoms with Crippen molar-refractivity contribution in [3.8, 4) is 5.75 Å². The summed E-state index contributed by atoms with van der Waals surface area (Å²) in [6.45, 7) is 0.881. The lowest BCUT2D eigenvalue weighted by Gasteiger charge is -2.19. The molecule has 1 heterocycles. The fourth-order valence-corrected chi connectivity index (χ4v) is 3.46. The van der Waals surface area contributed by atoms with Gasteiger partial charge in [-0.25, -0.2) is 0 Å². The van der Waals surface area contributed by atoms with Crippen LogP contribution in [0.25, 0.3) is 0 Å². The SMILES string of the molecule is COc1c(Br)cc(Cl)cc1C(N)CCC1CCCO1. The maximum absolute atomic E-state index is 6.27. The molecule has 3 nitrogen and oxygen atoms in total. The van der Waals surface area contributed by atoms with Gasteiger partial charge in [-0.05, 0) is 53.7 Å². The molecule has 2 unspecified atom stereocenters. The zero-order valence-corrected chi connectivity index (χ0v) is 13.3. The summed E-state index contributed by atoms with van der Waals surface area (Å²) >= 11 is 9.54. The van der Waals surface area contributed by atoms with Crippen molar-refractivity contribution < 1.29 is 9.47 Å². The lowest BCUT2D eigenvalue weighted by Crippen LogP contribution is -2.15. The van der Waals surface area contributed by atoms with E-state index in [1.54, 1.807) is 7.11 Å². The molecule has 19 heavy (non-hydrogen) atoms. The van der Waals surface area contributed by atoms with E-state index < -0.39 is 0 Å². The Morgan fingerprint density at radius 3 is 3.00 bits per heavy atom. The molecule has 0 amide bonds. The number of ether oxygens (including phenoxy) is 2. The fourth-order valence-electron chi connectivity index (χ4n) is 2.46. The Bertz CT molecular complexity index is 436. The summed E-state index contributed by atoms with van der Waals surface area (Å²) in [6, 6.07) is 3.61. The summed E-state index contributed by atoms with van der Waals surface area (Å²) in [5, 5.41) is 0.662. The highest BCUT2D eigenvalue weighted by Gasteiger charge is 2.20. The molecule has 0 aromatic heterocycles. The molecule has 5 heteroatoms. The minimum Gasteiger partial charge on any atom is -0.495 e. The lowest BCUT2D eigenvalue weighted by atomic mass is 9.99. The van der Waals surface area contributed by atoms with Crippen LogP contribution in [0.15, 0.2) is 16.6 Å². The largest absolute Gasteiger partial charge is 0.495 e. The highest BCUT2D eigenvalue weighted by Crippen LogP contribution is 2.37. The molecule has 1 aromatic rings. The van der Waals surface area contributed by atoms with Crippen LogP contribution in [0.2, 0.25) is 5.02 Å². The van der Waals surface area contributed by atoms with Gasteiger partial charge in [0.2, 0.25) is 0 Å². The average molecular weight is 349 g/mol. The molecular weight excluding hydrogens is 330 g/mol. The number of benzene rings is 1. The minimum absolute atomic E-state index is 0.0888. The van der Waals surface area contributed by atoms with E-state index in [0.717, 1.165) is 48.1 Å². The van der Waals surface area contributed by atoms with Crippen molar-refractivity contribution >= 4 is 27.5 Å². The van der Waals surface area contributed by atoms with Crippen molar-refractivity contribution in [2.75, 3.05) is 13.7 Å². The molecule has 0 bridgehead atoms. The molecule has 0 spiro atoms. The molecule has 2 atom stereocenters. The maximum Gasteiger partial charge on any atom is 0.137 e. The first-order valence-electron chi connectivity index (χ1n) is 6.52. The molecule has 1 fully saturated rings. The Balaban J connectivity index is 2.06. The Morgan fingerprint density at radius 1 is 1.58 bits per heavy atom. The predicted octanol–water partition coefficient (Wildman–Crippen LogP) is 4.07. The first kappa shape index (κ1) is 15.1. The first-order valence-corrected chi connectivity index (χ1v) is 7.69. The standard InChI is InChI=1S/C14H19BrClNO2/c1-18-14-11(7-9(16)8-12(14)15)13(17)5-4-10-3-2-6-19-10/h7-8,10,13H,2-6,17H2,1H3. The minimum atomic E-state index is -0.0888. The Labute approximate surface area is 127 Å². The second kappa shape index (κ2) is 6.93. The average Bonchev–Trinajstić information content (AvgIpc) is 2.88. The molecule has 0 aliphatic carbocycles. The number of hydrogen-bond donors (Lipinski definition) is 1. The highest BCUT2D eigenvalue weighted by molar-refractivity contribution is 9.10. The van der Waals surface area contributed by atoms with Crippen LogP contribution < -0.4 is 10.5 Å². The van der Waals surface area contributed by atoms with Gasteiger partial charge in [0.05, 0.1) is 17.7 Å². The highest BCUT2D eigenvalue weighted by atomic mass is 79.9. The van der Waals surface area contributed by atoms with Crippen LogP contribution in [0.1, 0.15) is 37.3 Å². The van der Waals surface area contributed by atoms with E-state index >= 15 is 0 Å². The van der Waals surface area contributed by atoms with Gasteiger partial charge in [0.15, 0.2) is 0 Å². The zero-order chi connectivity index (χ0) is 13.8. The molecule has 106 valence electrons. The maximum atomic E-state index is 6.27. The van der Waals surface area contributed by atoms with E-state index in [2.05, 4.69) is 15.9 Å². The van der Waals surface area contributed by atoms with Gasteiger partial charge in [-0.2, -0.15) is 0 Å². The van der Waals surface area contributed by atoms with Gasteiger partial charge in [0.25, 0.3) is 0 Å². The second-order valence-corrected chi connectivity index (χ2v) is 6.12. The molecule has 2 rings (SSSR count). The van der Waals surface area contributed by atoms with Gasteiger partial charge in [0, 0.05) is 23.2 Å². The number of hydrogen-bond acceptors (Lipinski definition) is 3. The summed E-state index contributed by atoms with van der Waals surface area (Å²) in [5.41, 5.74) is 7.22. The number of methoxy groups -OCH3 is 1. The third-order valence-corrected chi connectivity index (χ3v) is 4.27. The third-order valence-electron chi connectivity index (χ3n) is 3.46. The second-order valence-electron chi connectivity index (χ2n) is 4.83. The first-order chi connectivity index (χ1) is 9.11. The molecule has 2 N–H and O–H groups in total. The molecule has 0 saturated carbocycles. The van der Waals surface area contributed by atoms with Crippen molar-refractivity contribution in [1.82, 2.24) is 0 Å². The van der Waals surface area contributed by atoms with Crippen molar-refractivity contribution in [2.24, 2.45) is 5.73 Å². The summed E-state index contributed by atoms with van der Waals surface area (Å²) in [7, 11) is 1.64. The lowest BCUT2D eigenvalue weighted by molar-refractivity contribution is 0.101. The number of halogens is 2. The van der Waals surface area contributed by atoms with Crippen LogP contribution in [0.5, 0.6) is 5.75 Å². The van der Waals surface area contributed by atoms with Crippen LogP contribution in [0.4, 0.5) is 0 Å². The number of nitrogens with two attached hydrogens (primary N) is 1. The fraction of sp³-hybridized carbons (Fsp3) is 0.571. The third kappa shape index (κ3) is 3.85. The van der Waals surface area contributed by atoms with Crippen molar-refractivity contribution in [3.63, 3.8) is 0 Å². The summed E-state index contributed by atoms with van der Waals surface area (Å²) < 4.78 is 11.9. The quantitative estimate of drug-likeness (QED) is 0.872. The topological polar surface area (TPSA) is 44.5 Å². The van der Waals surface area contributed by atoms with E-state index in [9.17, 15) is 0 Å². The van der Waals surface area contributed by atoms with Gasteiger partial charge in [-0.3, -0.25) is 0 Å². The molecule has 1 aliphatic rings. The summed E-state index contributed by atoms with van der Waals surface area (Å²) in [6.07, 6.45) is 4.51. The molecule has 1 saturated heterocycles. The number of rotatable bonds is 5. The molecular formula is C14H19BrClNO2. The molecule has 1 aliphatic heterocycles. The van der Waals surface area contributed by atoms with Crippen LogP contribution in [0, 0.1) is 0 Å². The molecule has 0 radical (unpaired) electrons. The van der Waals surface area contributed by atoms with E-state index in [4.69, 9.17) is 26.8 Å². The van der Waals surface area contributed by atoms with Gasteiger partial charge in [-0.1, -0.05) is 11.6 Å². The van der Waals surface area contributed by atoms with Gasteiger partial charge in [0.1, 0.15) is 5.75 Å². The van der Waals surface area contributed by atoms with Crippen molar-refractivity contribution in [3.05, 3.63) is 27.2 Å². The Morgan fingerprint density at radius 2 is 2.37 bits per heavy atom. The van der Waals surface area contributed by atoms with E-state index in [1.807, 2.05) is 12.1 Å². The van der Waals surface area contributed by atoms with Gasteiger partial charge >= 0.3 is 0 Å². The predicted molar refractivity (Wildman–Crippen MR) is 80.8 cm³/mol. The van der Waals surface area contributed by atoms with E-state index in [-0.39, 0.29) is 6.04 Å². The van der Waals surface area contributed by atoms with Gasteiger partial charge in [-0.15, -0.1) is 0 Å². The van der Waals surface area contributed by atoms with Crippen molar-refractivity contribution in [1.29, 1.82) is 0 Å². The smallest absolute Gasteiger partial charge is 0.137 e. The van der Waals surface area contributed by atoms with Crippen LogP contribution in [-0.2, 0) is 4.74 Å². The van der Waals surface area contributed by atoms with Crippen LogP contribution in [-0.4, -0.2) is 19.8 Å². The summed E-state index contributed by atoms with van der Waals surface area (Å²) in [4.78, 5) is 0. The zero-order valence-electron chi connectivity index (χ0n) is 11.0. The van der Waals surface area contributed by atoms with E-state index in [0.29, 0.717) is 11.1 Å². The van der Waals surface area contributed by atoms with Crippen LogP contribution >= 0.6 is 27.5 Å². The normalized spacial score (nSPS) is 20.5. The molecule has 1 aromatic carbocycles. The monoisotopic (exact) mass is 347 g/mol. The van der Waals surface area contributed by atoms with Crippen LogP contribution in [0.3, 0.4) is 0 Å².